The summed E-state index contributed by atoms with van der Waals surface area (Å²) >= 11 is 3.44. The molecule has 4 aromatic rings. The van der Waals surface area contributed by atoms with Crippen molar-refractivity contribution in [3.8, 4) is 56.7 Å². The van der Waals surface area contributed by atoms with Gasteiger partial charge in [-0.25, -0.2) is 0 Å². The fourth-order valence-corrected chi connectivity index (χ4v) is 6.80. The maximum atomic E-state index is 5.92. The lowest BCUT2D eigenvalue weighted by atomic mass is 9.96. The standard InChI is InChI=1S/C31H34O2S2Si2/c1-21-16-27(31(35-21)12-15-37(7,8)9)26-18-23-19-28(32-2)25(17-22(23)20-29(26)33-3)24-10-13-34-30(24)11-14-36(4,5)6/h10,13,16-20H,1-9H3. The number of methoxy groups -OCH3 is 2. The van der Waals surface area contributed by atoms with Gasteiger partial charge in [-0.05, 0) is 59.5 Å². The van der Waals surface area contributed by atoms with E-state index >= 15 is 0 Å². The van der Waals surface area contributed by atoms with Crippen LogP contribution in [0.15, 0.2) is 41.8 Å². The van der Waals surface area contributed by atoms with E-state index in [1.165, 1.54) is 4.88 Å². The fourth-order valence-electron chi connectivity index (χ4n) is 3.98. The predicted octanol–water partition coefficient (Wildman–Crippen LogP) is 9.08. The number of aryl methyl sites for hydroxylation is 1. The van der Waals surface area contributed by atoms with Crippen LogP contribution in [0.2, 0.25) is 39.3 Å². The van der Waals surface area contributed by atoms with Crippen molar-refractivity contribution in [3.05, 3.63) is 56.4 Å². The highest BCUT2D eigenvalue weighted by Gasteiger charge is 2.18. The number of thiophene rings is 2. The lowest BCUT2D eigenvalue weighted by Crippen LogP contribution is -2.16. The van der Waals surface area contributed by atoms with Crippen LogP contribution in [0, 0.1) is 29.9 Å². The van der Waals surface area contributed by atoms with Crippen LogP contribution in [0.5, 0.6) is 11.5 Å². The quantitative estimate of drug-likeness (QED) is 0.184. The Hall–Kier alpha value is -2.75. The molecule has 2 aromatic carbocycles. The van der Waals surface area contributed by atoms with Gasteiger partial charge in [-0.1, -0.05) is 51.1 Å². The second kappa shape index (κ2) is 10.6. The van der Waals surface area contributed by atoms with E-state index in [1.54, 1.807) is 36.9 Å². The van der Waals surface area contributed by atoms with Crippen LogP contribution >= 0.6 is 22.7 Å². The van der Waals surface area contributed by atoms with Gasteiger partial charge in [-0.2, -0.15) is 0 Å². The maximum absolute atomic E-state index is 5.92. The first-order valence-corrected chi connectivity index (χ1v) is 21.0. The van der Waals surface area contributed by atoms with Crippen molar-refractivity contribution < 1.29 is 9.47 Å². The lowest BCUT2D eigenvalue weighted by molar-refractivity contribution is 0.416. The van der Waals surface area contributed by atoms with Gasteiger partial charge in [0.05, 0.1) is 24.0 Å². The third-order valence-electron chi connectivity index (χ3n) is 5.68. The van der Waals surface area contributed by atoms with E-state index in [0.717, 1.165) is 54.3 Å². The van der Waals surface area contributed by atoms with Crippen molar-refractivity contribution in [3.63, 3.8) is 0 Å². The summed E-state index contributed by atoms with van der Waals surface area (Å²) in [5.74, 6) is 8.64. The minimum atomic E-state index is -1.50. The molecule has 2 heterocycles. The SMILES string of the molecule is COc1cc2cc(-c3cc(C)sc3C#C[Si](C)(C)C)c(OC)cc2cc1-c1ccsc1C#C[Si](C)(C)C. The molecule has 0 radical (unpaired) electrons. The van der Waals surface area contributed by atoms with Crippen molar-refractivity contribution in [2.45, 2.75) is 46.2 Å². The number of rotatable bonds is 4. The van der Waals surface area contributed by atoms with Gasteiger partial charge in [-0.3, -0.25) is 0 Å². The molecule has 190 valence electrons. The molecule has 6 heteroatoms. The van der Waals surface area contributed by atoms with E-state index < -0.39 is 16.1 Å². The van der Waals surface area contributed by atoms with Gasteiger partial charge in [0.2, 0.25) is 0 Å². The Labute approximate surface area is 231 Å². The second-order valence-corrected chi connectivity index (χ2v) is 22.9. The van der Waals surface area contributed by atoms with Crippen molar-refractivity contribution in [2.24, 2.45) is 0 Å². The molecule has 0 spiro atoms. The van der Waals surface area contributed by atoms with Crippen molar-refractivity contribution in [1.29, 1.82) is 0 Å². The van der Waals surface area contributed by atoms with Gasteiger partial charge in [0.1, 0.15) is 27.6 Å². The van der Waals surface area contributed by atoms with Gasteiger partial charge in [0.15, 0.2) is 0 Å². The van der Waals surface area contributed by atoms with E-state index in [0.29, 0.717) is 0 Å². The number of fused-ring (bicyclic) bond motifs is 1. The van der Waals surface area contributed by atoms with E-state index in [-0.39, 0.29) is 0 Å². The highest BCUT2D eigenvalue weighted by atomic mass is 32.1. The molecule has 0 unspecified atom stereocenters. The van der Waals surface area contributed by atoms with Gasteiger partial charge < -0.3 is 9.47 Å². The summed E-state index contributed by atoms with van der Waals surface area (Å²) in [5.41, 5.74) is 11.4. The van der Waals surface area contributed by atoms with E-state index in [9.17, 15) is 0 Å². The normalized spacial score (nSPS) is 11.5. The largest absolute Gasteiger partial charge is 0.496 e. The number of ether oxygens (including phenoxy) is 2. The Morgan fingerprint density at radius 3 is 1.68 bits per heavy atom. The molecule has 0 saturated heterocycles. The lowest BCUT2D eigenvalue weighted by Gasteiger charge is -2.14. The Kier molecular flexibility index (Phi) is 7.78. The zero-order valence-electron chi connectivity index (χ0n) is 23.2. The molecule has 0 bridgehead atoms. The van der Waals surface area contributed by atoms with E-state index in [2.05, 4.69) is 111 Å². The smallest absolute Gasteiger partial charge is 0.129 e. The molecule has 0 aliphatic heterocycles. The summed E-state index contributed by atoms with van der Waals surface area (Å²) in [4.78, 5) is 3.43. The van der Waals surface area contributed by atoms with Crippen LogP contribution in [0.3, 0.4) is 0 Å². The van der Waals surface area contributed by atoms with Gasteiger partial charge in [-0.15, -0.1) is 33.8 Å². The Balaban J connectivity index is 1.89. The zero-order chi connectivity index (χ0) is 27.0. The molecule has 0 fully saturated rings. The molecular formula is C31H34O2S2Si2. The van der Waals surface area contributed by atoms with Crippen LogP contribution in [-0.2, 0) is 0 Å². The fraction of sp³-hybridized carbons (Fsp3) is 0.290. The van der Waals surface area contributed by atoms with Gasteiger partial charge >= 0.3 is 0 Å². The topological polar surface area (TPSA) is 18.5 Å². The van der Waals surface area contributed by atoms with Gasteiger partial charge in [0, 0.05) is 27.1 Å². The number of benzene rings is 2. The molecular weight excluding hydrogens is 525 g/mol. The first kappa shape index (κ1) is 27.3. The van der Waals surface area contributed by atoms with Crippen molar-refractivity contribution in [2.75, 3.05) is 14.2 Å². The average Bonchev–Trinajstić information content (AvgIpc) is 3.44. The second-order valence-electron chi connectivity index (χ2n) is 11.2. The maximum Gasteiger partial charge on any atom is 0.129 e. The molecule has 0 saturated carbocycles. The minimum absolute atomic E-state index is 0.846. The third-order valence-corrected chi connectivity index (χ3v) is 9.23. The summed E-state index contributed by atoms with van der Waals surface area (Å²) in [6, 6.07) is 13.0. The zero-order valence-corrected chi connectivity index (χ0v) is 26.8. The summed E-state index contributed by atoms with van der Waals surface area (Å²) in [6.45, 7) is 15.8. The third kappa shape index (κ3) is 6.40. The minimum Gasteiger partial charge on any atom is -0.496 e. The average molecular weight is 559 g/mol. The Bertz CT molecular complexity index is 1590. The Morgan fingerprint density at radius 1 is 0.649 bits per heavy atom. The highest BCUT2D eigenvalue weighted by Crippen LogP contribution is 2.43. The summed E-state index contributed by atoms with van der Waals surface area (Å²) in [6.07, 6.45) is 0. The van der Waals surface area contributed by atoms with Crippen LogP contribution in [0.25, 0.3) is 33.0 Å². The molecule has 0 atom stereocenters. The molecule has 4 rings (SSSR count). The summed E-state index contributed by atoms with van der Waals surface area (Å²) in [7, 11) is 0.500. The molecule has 2 nitrogen and oxygen atoms in total. The summed E-state index contributed by atoms with van der Waals surface area (Å²) in [5, 5.41) is 4.32. The first-order valence-electron chi connectivity index (χ1n) is 12.3. The van der Waals surface area contributed by atoms with Gasteiger partial charge in [0.25, 0.3) is 0 Å². The number of hydrogen-bond donors (Lipinski definition) is 0. The van der Waals surface area contributed by atoms with Crippen LogP contribution in [-0.4, -0.2) is 30.4 Å². The monoisotopic (exact) mass is 558 g/mol. The van der Waals surface area contributed by atoms with Crippen molar-refractivity contribution >= 4 is 49.6 Å². The highest BCUT2D eigenvalue weighted by molar-refractivity contribution is 7.13. The van der Waals surface area contributed by atoms with E-state index in [4.69, 9.17) is 9.47 Å². The molecule has 0 amide bonds. The molecule has 0 N–H and O–H groups in total. The summed E-state index contributed by atoms with van der Waals surface area (Å²) < 4.78 is 11.8. The van der Waals surface area contributed by atoms with Crippen LogP contribution < -0.4 is 9.47 Å². The number of hydrogen-bond acceptors (Lipinski definition) is 4. The van der Waals surface area contributed by atoms with Crippen molar-refractivity contribution in [1.82, 2.24) is 0 Å². The molecule has 0 aliphatic rings. The van der Waals surface area contributed by atoms with Crippen LogP contribution in [0.4, 0.5) is 0 Å². The first-order chi connectivity index (χ1) is 17.4. The molecule has 2 aromatic heterocycles. The molecule has 0 aliphatic carbocycles. The van der Waals surface area contributed by atoms with Crippen LogP contribution in [0.1, 0.15) is 14.6 Å². The van der Waals surface area contributed by atoms with E-state index in [1.807, 2.05) is 0 Å². The Morgan fingerprint density at radius 2 is 1.16 bits per heavy atom. The molecule has 37 heavy (non-hydrogen) atoms. The predicted molar refractivity (Wildman–Crippen MR) is 169 cm³/mol.